The second-order valence-electron chi connectivity index (χ2n) is 6.52. The molecule has 0 aliphatic carbocycles. The van der Waals surface area contributed by atoms with E-state index in [1.54, 1.807) is 0 Å². The lowest BCUT2D eigenvalue weighted by Crippen LogP contribution is -2.38. The van der Waals surface area contributed by atoms with Gasteiger partial charge in [-0.3, -0.25) is 0 Å². The number of hydrogen-bond acceptors (Lipinski definition) is 3. The molecule has 1 aromatic carbocycles. The van der Waals surface area contributed by atoms with E-state index in [2.05, 4.69) is 72.8 Å². The van der Waals surface area contributed by atoms with Crippen LogP contribution in [0.1, 0.15) is 30.6 Å². The Hall–Kier alpha value is -2.83. The van der Waals surface area contributed by atoms with Gasteiger partial charge in [-0.15, -0.1) is 10.2 Å². The number of aryl methyl sites for hydroxylation is 1. The molecule has 3 heterocycles. The smallest absolute Gasteiger partial charge is 0.191 e. The Labute approximate surface area is 152 Å². The molecule has 0 fully saturated rings. The van der Waals surface area contributed by atoms with E-state index < -0.39 is 0 Å². The Kier molecular flexibility index (Phi) is 4.86. The van der Waals surface area contributed by atoms with Crippen molar-refractivity contribution in [1.82, 2.24) is 30.4 Å². The van der Waals surface area contributed by atoms with Crippen LogP contribution in [-0.2, 0) is 25.9 Å². The number of H-pyrrole nitrogens is 1. The van der Waals surface area contributed by atoms with Gasteiger partial charge in [0.1, 0.15) is 12.4 Å². The lowest BCUT2D eigenvalue weighted by molar-refractivity contribution is 0.684. The third-order valence-corrected chi connectivity index (χ3v) is 4.77. The van der Waals surface area contributed by atoms with Crippen molar-refractivity contribution in [2.45, 2.75) is 39.3 Å². The normalized spacial score (nSPS) is 14.0. The third-order valence-electron chi connectivity index (χ3n) is 4.77. The Morgan fingerprint density at radius 1 is 1.27 bits per heavy atom. The molecular formula is C19H25N7. The minimum Gasteiger partial charge on any atom is -0.361 e. The number of guanidine groups is 1. The van der Waals surface area contributed by atoms with Gasteiger partial charge in [-0.25, -0.2) is 4.99 Å². The Morgan fingerprint density at radius 3 is 3.12 bits per heavy atom. The highest BCUT2D eigenvalue weighted by atomic mass is 15.3. The second kappa shape index (κ2) is 7.59. The molecule has 136 valence electrons. The van der Waals surface area contributed by atoms with E-state index in [9.17, 15) is 0 Å². The highest BCUT2D eigenvalue weighted by Gasteiger charge is 2.16. The first kappa shape index (κ1) is 16.6. The number of benzene rings is 1. The predicted octanol–water partition coefficient (Wildman–Crippen LogP) is 2.00. The summed E-state index contributed by atoms with van der Waals surface area (Å²) >= 11 is 0. The minimum atomic E-state index is 0.551. The van der Waals surface area contributed by atoms with Gasteiger partial charge in [-0.2, -0.15) is 0 Å². The van der Waals surface area contributed by atoms with Crippen LogP contribution in [0.25, 0.3) is 10.9 Å². The number of aromatic nitrogens is 4. The van der Waals surface area contributed by atoms with Crippen LogP contribution in [-0.4, -0.2) is 38.8 Å². The van der Waals surface area contributed by atoms with Crippen molar-refractivity contribution in [2.24, 2.45) is 4.99 Å². The monoisotopic (exact) mass is 351 g/mol. The molecule has 0 saturated carbocycles. The van der Waals surface area contributed by atoms with Gasteiger partial charge in [0.25, 0.3) is 0 Å². The van der Waals surface area contributed by atoms with Crippen molar-refractivity contribution in [1.29, 1.82) is 0 Å². The molecule has 0 atom stereocenters. The summed E-state index contributed by atoms with van der Waals surface area (Å²) < 4.78 is 2.19. The standard InChI is InChI=1S/C19H25N7/c1-2-20-19(23-13-18-25-24-17-8-5-11-26(17)18)21-10-9-14-12-22-16-7-4-3-6-15(14)16/h3-4,6-7,12,22H,2,5,8-11,13H2,1H3,(H2,20,21,23). The maximum absolute atomic E-state index is 4.68. The van der Waals surface area contributed by atoms with Gasteiger partial charge in [0.05, 0.1) is 0 Å². The van der Waals surface area contributed by atoms with Gasteiger partial charge in [0, 0.05) is 43.2 Å². The van der Waals surface area contributed by atoms with Crippen molar-refractivity contribution >= 4 is 16.9 Å². The molecule has 0 bridgehead atoms. The van der Waals surface area contributed by atoms with Gasteiger partial charge in [-0.05, 0) is 31.4 Å². The molecule has 0 saturated heterocycles. The summed E-state index contributed by atoms with van der Waals surface area (Å²) in [7, 11) is 0. The predicted molar refractivity (Wildman–Crippen MR) is 103 cm³/mol. The molecular weight excluding hydrogens is 326 g/mol. The number of nitrogens with zero attached hydrogens (tertiary/aromatic N) is 4. The Bertz CT molecular complexity index is 906. The van der Waals surface area contributed by atoms with Crippen molar-refractivity contribution in [3.8, 4) is 0 Å². The van der Waals surface area contributed by atoms with Gasteiger partial charge in [-0.1, -0.05) is 18.2 Å². The van der Waals surface area contributed by atoms with Crippen LogP contribution in [0, 0.1) is 0 Å². The van der Waals surface area contributed by atoms with Gasteiger partial charge < -0.3 is 20.2 Å². The van der Waals surface area contributed by atoms with Crippen LogP contribution in [0.5, 0.6) is 0 Å². The Balaban J connectivity index is 1.37. The van der Waals surface area contributed by atoms with Crippen molar-refractivity contribution < 1.29 is 0 Å². The quantitative estimate of drug-likeness (QED) is 0.469. The SMILES string of the molecule is CCNC(=NCc1nnc2n1CCC2)NCCc1c[nH]c2ccccc12. The van der Waals surface area contributed by atoms with Crippen LogP contribution in [0.3, 0.4) is 0 Å². The molecule has 1 aliphatic heterocycles. The molecule has 2 aromatic heterocycles. The first-order valence-corrected chi connectivity index (χ1v) is 9.33. The van der Waals surface area contributed by atoms with Crippen LogP contribution in [0.4, 0.5) is 0 Å². The second-order valence-corrected chi connectivity index (χ2v) is 6.52. The molecule has 0 amide bonds. The molecule has 4 rings (SSSR count). The van der Waals surface area contributed by atoms with Gasteiger partial charge in [0.15, 0.2) is 11.8 Å². The molecule has 0 radical (unpaired) electrons. The van der Waals surface area contributed by atoms with Gasteiger partial charge in [0.2, 0.25) is 0 Å². The number of fused-ring (bicyclic) bond motifs is 2. The lowest BCUT2D eigenvalue weighted by atomic mass is 10.1. The molecule has 0 spiro atoms. The summed E-state index contributed by atoms with van der Waals surface area (Å²) in [6, 6.07) is 8.40. The van der Waals surface area contributed by atoms with Crippen molar-refractivity contribution in [2.75, 3.05) is 13.1 Å². The largest absolute Gasteiger partial charge is 0.361 e. The number of hydrogen-bond donors (Lipinski definition) is 3. The van der Waals surface area contributed by atoms with Crippen LogP contribution in [0.15, 0.2) is 35.5 Å². The third kappa shape index (κ3) is 3.42. The summed E-state index contributed by atoms with van der Waals surface area (Å²) in [6.07, 6.45) is 5.22. The molecule has 7 nitrogen and oxygen atoms in total. The fourth-order valence-corrected chi connectivity index (χ4v) is 3.47. The minimum absolute atomic E-state index is 0.551. The summed E-state index contributed by atoms with van der Waals surface area (Å²) in [5, 5.41) is 16.5. The summed E-state index contributed by atoms with van der Waals surface area (Å²) in [4.78, 5) is 8.01. The molecule has 26 heavy (non-hydrogen) atoms. The highest BCUT2D eigenvalue weighted by molar-refractivity contribution is 5.83. The van der Waals surface area contributed by atoms with E-state index in [-0.39, 0.29) is 0 Å². The number of rotatable bonds is 6. The zero-order valence-corrected chi connectivity index (χ0v) is 15.1. The molecule has 1 aliphatic rings. The summed E-state index contributed by atoms with van der Waals surface area (Å²) in [5.74, 6) is 2.86. The number of nitrogens with one attached hydrogen (secondary N) is 3. The molecule has 3 N–H and O–H groups in total. The van der Waals surface area contributed by atoms with E-state index >= 15 is 0 Å². The van der Waals surface area contributed by atoms with Crippen LogP contribution >= 0.6 is 0 Å². The van der Waals surface area contributed by atoms with E-state index in [0.717, 1.165) is 56.5 Å². The Morgan fingerprint density at radius 2 is 2.19 bits per heavy atom. The maximum Gasteiger partial charge on any atom is 0.191 e. The fourth-order valence-electron chi connectivity index (χ4n) is 3.47. The average molecular weight is 351 g/mol. The number of aromatic amines is 1. The topological polar surface area (TPSA) is 82.9 Å². The first-order valence-electron chi connectivity index (χ1n) is 9.33. The highest BCUT2D eigenvalue weighted by Crippen LogP contribution is 2.17. The zero-order valence-electron chi connectivity index (χ0n) is 15.1. The van der Waals surface area contributed by atoms with E-state index in [1.165, 1.54) is 16.5 Å². The van der Waals surface area contributed by atoms with E-state index in [1.807, 2.05) is 0 Å². The van der Waals surface area contributed by atoms with Crippen molar-refractivity contribution in [3.05, 3.63) is 47.7 Å². The van der Waals surface area contributed by atoms with Crippen LogP contribution in [0.2, 0.25) is 0 Å². The van der Waals surface area contributed by atoms with Crippen molar-refractivity contribution in [3.63, 3.8) is 0 Å². The van der Waals surface area contributed by atoms with E-state index in [4.69, 9.17) is 0 Å². The number of para-hydroxylation sites is 1. The maximum atomic E-state index is 4.68. The van der Waals surface area contributed by atoms with E-state index in [0.29, 0.717) is 6.54 Å². The lowest BCUT2D eigenvalue weighted by Gasteiger charge is -2.11. The fraction of sp³-hybridized carbons (Fsp3) is 0.421. The summed E-state index contributed by atoms with van der Waals surface area (Å²) in [6.45, 7) is 5.29. The first-order chi connectivity index (χ1) is 12.8. The molecule has 0 unspecified atom stereocenters. The summed E-state index contributed by atoms with van der Waals surface area (Å²) in [5.41, 5.74) is 2.50. The van der Waals surface area contributed by atoms with Gasteiger partial charge >= 0.3 is 0 Å². The molecule has 7 heteroatoms. The zero-order chi connectivity index (χ0) is 17.8. The molecule has 3 aromatic rings. The average Bonchev–Trinajstić information content (AvgIpc) is 3.36. The van der Waals surface area contributed by atoms with Crippen LogP contribution < -0.4 is 10.6 Å². The number of aliphatic imine (C=N–C) groups is 1.